The van der Waals surface area contributed by atoms with Gasteiger partial charge in [0.25, 0.3) is 0 Å². The Kier molecular flexibility index (Phi) is 8.01. The van der Waals surface area contributed by atoms with Gasteiger partial charge in [-0.3, -0.25) is 4.79 Å². The summed E-state index contributed by atoms with van der Waals surface area (Å²) >= 11 is 0. The minimum atomic E-state index is -0.0473. The van der Waals surface area contributed by atoms with Gasteiger partial charge in [0, 0.05) is 26.1 Å². The van der Waals surface area contributed by atoms with Crippen LogP contribution in [0.1, 0.15) is 45.4 Å². The van der Waals surface area contributed by atoms with Crippen molar-refractivity contribution < 1.29 is 9.53 Å². The predicted molar refractivity (Wildman–Crippen MR) is 69.0 cm³/mol. The molecule has 0 radical (unpaired) electrons. The Morgan fingerprint density at radius 1 is 1.24 bits per heavy atom. The molecule has 1 atom stereocenters. The van der Waals surface area contributed by atoms with Crippen LogP contribution in [0.4, 0.5) is 0 Å². The normalized spacial score (nSPS) is 20.2. The Morgan fingerprint density at radius 2 is 2.06 bits per heavy atom. The van der Waals surface area contributed by atoms with Gasteiger partial charge in [-0.1, -0.05) is 32.6 Å². The molecule has 1 aliphatic rings. The third-order valence-electron chi connectivity index (χ3n) is 3.06. The van der Waals surface area contributed by atoms with E-state index < -0.39 is 0 Å². The van der Waals surface area contributed by atoms with Gasteiger partial charge in [-0.15, -0.1) is 0 Å². The molecule has 17 heavy (non-hydrogen) atoms. The molecule has 2 N–H and O–H groups in total. The van der Waals surface area contributed by atoms with Crippen molar-refractivity contribution in [1.82, 2.24) is 10.6 Å². The fourth-order valence-corrected chi connectivity index (χ4v) is 1.97. The van der Waals surface area contributed by atoms with Crippen LogP contribution in [0, 0.1) is 0 Å². The van der Waals surface area contributed by atoms with Crippen LogP contribution in [0.15, 0.2) is 0 Å². The molecule has 1 heterocycles. The first-order valence-corrected chi connectivity index (χ1v) is 6.92. The minimum Gasteiger partial charge on any atom is -0.464 e. The molecule has 0 aliphatic carbocycles. The monoisotopic (exact) mass is 242 g/mol. The molecule has 1 rings (SSSR count). The van der Waals surface area contributed by atoms with Gasteiger partial charge in [0.05, 0.1) is 6.04 Å². The Hall–Kier alpha value is -0.610. The average Bonchev–Trinajstić information content (AvgIpc) is 2.37. The summed E-state index contributed by atoms with van der Waals surface area (Å²) in [5.41, 5.74) is 0. The molecule has 4 nitrogen and oxygen atoms in total. The molecule has 0 aromatic heterocycles. The van der Waals surface area contributed by atoms with E-state index >= 15 is 0 Å². The fraction of sp³-hybridized carbons (Fsp3) is 0.923. The number of ether oxygens (including phenoxy) is 1. The highest BCUT2D eigenvalue weighted by atomic mass is 16.5. The number of unbranched alkanes of at least 4 members (excludes halogenated alkanes) is 4. The molecule has 0 aromatic rings. The lowest BCUT2D eigenvalue weighted by atomic mass is 10.1. The Bertz CT molecular complexity index is 204. The third-order valence-corrected chi connectivity index (χ3v) is 3.06. The zero-order valence-electron chi connectivity index (χ0n) is 11.0. The second-order valence-corrected chi connectivity index (χ2v) is 4.70. The Labute approximate surface area is 104 Å². The number of piperazine rings is 1. The van der Waals surface area contributed by atoms with Gasteiger partial charge >= 0.3 is 5.97 Å². The zero-order valence-corrected chi connectivity index (χ0v) is 11.0. The van der Waals surface area contributed by atoms with Crippen molar-refractivity contribution in [2.45, 2.75) is 51.5 Å². The summed E-state index contributed by atoms with van der Waals surface area (Å²) in [4.78, 5) is 11.4. The second-order valence-electron chi connectivity index (χ2n) is 4.70. The summed E-state index contributed by atoms with van der Waals surface area (Å²) in [5.74, 6) is -0.0473. The summed E-state index contributed by atoms with van der Waals surface area (Å²) in [5, 5.41) is 6.59. The van der Waals surface area contributed by atoms with E-state index in [0.29, 0.717) is 13.0 Å². The average molecular weight is 242 g/mol. The van der Waals surface area contributed by atoms with Crippen molar-refractivity contribution in [3.05, 3.63) is 0 Å². The lowest BCUT2D eigenvalue weighted by molar-refractivity contribution is -0.144. The van der Waals surface area contributed by atoms with Gasteiger partial charge in [0.2, 0.25) is 0 Å². The lowest BCUT2D eigenvalue weighted by Gasteiger charge is -2.23. The van der Waals surface area contributed by atoms with Crippen molar-refractivity contribution in [2.75, 3.05) is 26.2 Å². The van der Waals surface area contributed by atoms with Crippen LogP contribution >= 0.6 is 0 Å². The molecule has 0 spiro atoms. The van der Waals surface area contributed by atoms with Crippen LogP contribution in [-0.4, -0.2) is 38.3 Å². The maximum atomic E-state index is 11.4. The Morgan fingerprint density at radius 3 is 2.76 bits per heavy atom. The van der Waals surface area contributed by atoms with Crippen molar-refractivity contribution in [3.63, 3.8) is 0 Å². The largest absolute Gasteiger partial charge is 0.464 e. The Balaban J connectivity index is 1.93. The van der Waals surface area contributed by atoms with Gasteiger partial charge in [0.1, 0.15) is 6.61 Å². The number of hydrogen-bond donors (Lipinski definition) is 2. The molecule has 100 valence electrons. The number of nitrogens with one attached hydrogen (secondary N) is 2. The van der Waals surface area contributed by atoms with E-state index in [1.807, 2.05) is 0 Å². The van der Waals surface area contributed by atoms with Gasteiger partial charge in [-0.05, 0) is 6.42 Å². The maximum Gasteiger partial charge on any atom is 0.305 e. The summed E-state index contributed by atoms with van der Waals surface area (Å²) < 4.78 is 5.25. The molecule has 0 bridgehead atoms. The lowest BCUT2D eigenvalue weighted by Crippen LogP contribution is -2.50. The zero-order chi connectivity index (χ0) is 12.3. The summed E-state index contributed by atoms with van der Waals surface area (Å²) in [7, 11) is 0. The first kappa shape index (κ1) is 14.5. The van der Waals surface area contributed by atoms with Crippen LogP contribution < -0.4 is 10.6 Å². The van der Waals surface area contributed by atoms with Crippen molar-refractivity contribution >= 4 is 5.97 Å². The van der Waals surface area contributed by atoms with E-state index in [1.165, 1.54) is 19.3 Å². The molecule has 0 saturated carbocycles. The van der Waals surface area contributed by atoms with E-state index in [1.54, 1.807) is 0 Å². The molecule has 0 aromatic carbocycles. The SMILES string of the molecule is CCCCCCCC(=O)OC[C@@H]1CNCCN1. The van der Waals surface area contributed by atoms with Crippen molar-refractivity contribution in [2.24, 2.45) is 0 Å². The first-order valence-electron chi connectivity index (χ1n) is 6.92. The third kappa shape index (κ3) is 7.34. The molecular weight excluding hydrogens is 216 g/mol. The van der Waals surface area contributed by atoms with Crippen LogP contribution in [-0.2, 0) is 9.53 Å². The molecule has 1 fully saturated rings. The number of hydrogen-bond acceptors (Lipinski definition) is 4. The molecule has 0 unspecified atom stereocenters. The standard InChI is InChI=1S/C13H26N2O2/c1-2-3-4-5-6-7-13(16)17-11-12-10-14-8-9-15-12/h12,14-15H,2-11H2,1H3/t12-/m0/s1. The molecule has 1 aliphatic heterocycles. The second kappa shape index (κ2) is 9.42. The molecule has 0 amide bonds. The molecular formula is C13H26N2O2. The van der Waals surface area contributed by atoms with Gasteiger partial charge in [0.15, 0.2) is 0 Å². The summed E-state index contributed by atoms with van der Waals surface area (Å²) in [6, 6.07) is 0.285. The van der Waals surface area contributed by atoms with Crippen LogP contribution in [0.25, 0.3) is 0 Å². The number of carbonyl (C=O) groups is 1. The maximum absolute atomic E-state index is 11.4. The highest BCUT2D eigenvalue weighted by Gasteiger charge is 2.13. The first-order chi connectivity index (χ1) is 8.33. The van der Waals surface area contributed by atoms with Crippen molar-refractivity contribution in [3.8, 4) is 0 Å². The van der Waals surface area contributed by atoms with Crippen LogP contribution in [0.3, 0.4) is 0 Å². The number of rotatable bonds is 8. The van der Waals surface area contributed by atoms with Gasteiger partial charge in [-0.2, -0.15) is 0 Å². The van der Waals surface area contributed by atoms with E-state index in [4.69, 9.17) is 4.74 Å². The van der Waals surface area contributed by atoms with Crippen molar-refractivity contribution in [1.29, 1.82) is 0 Å². The van der Waals surface area contributed by atoms with E-state index in [-0.39, 0.29) is 12.0 Å². The van der Waals surface area contributed by atoms with Gasteiger partial charge in [-0.25, -0.2) is 0 Å². The minimum absolute atomic E-state index is 0.0473. The van der Waals surface area contributed by atoms with E-state index in [2.05, 4.69) is 17.6 Å². The summed E-state index contributed by atoms with van der Waals surface area (Å²) in [6.07, 6.45) is 6.43. The highest BCUT2D eigenvalue weighted by molar-refractivity contribution is 5.69. The predicted octanol–water partition coefficient (Wildman–Crippen LogP) is 1.45. The smallest absolute Gasteiger partial charge is 0.305 e. The fourth-order valence-electron chi connectivity index (χ4n) is 1.97. The highest BCUT2D eigenvalue weighted by Crippen LogP contribution is 2.05. The summed E-state index contributed by atoms with van der Waals surface area (Å²) in [6.45, 7) is 5.55. The number of esters is 1. The van der Waals surface area contributed by atoms with Gasteiger partial charge < -0.3 is 15.4 Å². The molecule has 4 heteroatoms. The number of carbonyl (C=O) groups excluding carboxylic acids is 1. The quantitative estimate of drug-likeness (QED) is 0.500. The van der Waals surface area contributed by atoms with E-state index in [9.17, 15) is 4.79 Å². The van der Waals surface area contributed by atoms with Crippen LogP contribution in [0.2, 0.25) is 0 Å². The topological polar surface area (TPSA) is 50.4 Å². The van der Waals surface area contributed by atoms with E-state index in [0.717, 1.165) is 32.5 Å². The van der Waals surface area contributed by atoms with Crippen LogP contribution in [0.5, 0.6) is 0 Å². The molecule has 1 saturated heterocycles.